The van der Waals surface area contributed by atoms with Crippen LogP contribution in [0.3, 0.4) is 0 Å². The van der Waals surface area contributed by atoms with Crippen molar-refractivity contribution in [1.82, 2.24) is 10.6 Å². The van der Waals surface area contributed by atoms with Gasteiger partial charge >= 0.3 is 6.03 Å². The van der Waals surface area contributed by atoms with Gasteiger partial charge in [-0.05, 0) is 24.1 Å². The highest BCUT2D eigenvalue weighted by molar-refractivity contribution is 9.10. The van der Waals surface area contributed by atoms with E-state index >= 15 is 0 Å². The van der Waals surface area contributed by atoms with E-state index in [-0.39, 0.29) is 18.7 Å². The minimum atomic E-state index is -0.205. The Kier molecular flexibility index (Phi) is 4.02. The molecule has 17 heavy (non-hydrogen) atoms. The van der Waals surface area contributed by atoms with Gasteiger partial charge in [0.25, 0.3) is 0 Å². The fourth-order valence-electron chi connectivity index (χ4n) is 1.82. The summed E-state index contributed by atoms with van der Waals surface area (Å²) in [4.78, 5) is 11.3. The molecule has 2 unspecified atom stereocenters. The monoisotopic (exact) mass is 298 g/mol. The van der Waals surface area contributed by atoms with Crippen molar-refractivity contribution in [1.29, 1.82) is 0 Å². The van der Waals surface area contributed by atoms with Crippen molar-refractivity contribution in [2.24, 2.45) is 0 Å². The summed E-state index contributed by atoms with van der Waals surface area (Å²) in [7, 11) is 0. The molecule has 4 nitrogen and oxygen atoms in total. The van der Waals surface area contributed by atoms with Gasteiger partial charge in [-0.3, -0.25) is 0 Å². The SMILES string of the molecule is O=C(NCCO)NC1CC1c1ccc(Br)cc1. The molecule has 1 saturated carbocycles. The maximum absolute atomic E-state index is 11.3. The first-order valence-electron chi connectivity index (χ1n) is 5.61. The number of benzene rings is 1. The molecule has 92 valence electrons. The minimum Gasteiger partial charge on any atom is -0.395 e. The average molecular weight is 299 g/mol. The molecule has 1 aromatic carbocycles. The Hall–Kier alpha value is -1.07. The van der Waals surface area contributed by atoms with Crippen molar-refractivity contribution >= 4 is 22.0 Å². The maximum atomic E-state index is 11.3. The zero-order valence-electron chi connectivity index (χ0n) is 9.32. The predicted molar refractivity (Wildman–Crippen MR) is 68.9 cm³/mol. The molecule has 0 radical (unpaired) electrons. The number of aliphatic hydroxyl groups is 1. The number of aliphatic hydroxyl groups excluding tert-OH is 1. The third-order valence-electron chi connectivity index (χ3n) is 2.80. The van der Waals surface area contributed by atoms with Crippen molar-refractivity contribution in [2.45, 2.75) is 18.4 Å². The van der Waals surface area contributed by atoms with E-state index in [1.54, 1.807) is 0 Å². The van der Waals surface area contributed by atoms with Crippen LogP contribution in [-0.2, 0) is 0 Å². The molecular formula is C12H15BrN2O2. The van der Waals surface area contributed by atoms with Crippen molar-refractivity contribution in [2.75, 3.05) is 13.2 Å². The molecular weight excluding hydrogens is 284 g/mol. The van der Waals surface area contributed by atoms with Crippen LogP contribution in [0.5, 0.6) is 0 Å². The van der Waals surface area contributed by atoms with Crippen molar-refractivity contribution in [3.05, 3.63) is 34.3 Å². The summed E-state index contributed by atoms with van der Waals surface area (Å²) < 4.78 is 1.06. The lowest BCUT2D eigenvalue weighted by atomic mass is 10.1. The first-order chi connectivity index (χ1) is 8.20. The van der Waals surface area contributed by atoms with E-state index in [2.05, 4.69) is 38.7 Å². The summed E-state index contributed by atoms with van der Waals surface area (Å²) >= 11 is 3.40. The van der Waals surface area contributed by atoms with E-state index in [1.807, 2.05) is 12.1 Å². The topological polar surface area (TPSA) is 61.4 Å². The quantitative estimate of drug-likeness (QED) is 0.791. The molecule has 1 fully saturated rings. The summed E-state index contributed by atoms with van der Waals surface area (Å²) in [6, 6.07) is 8.18. The van der Waals surface area contributed by atoms with Crippen LogP contribution in [0.15, 0.2) is 28.7 Å². The van der Waals surface area contributed by atoms with Gasteiger partial charge in [-0.2, -0.15) is 0 Å². The minimum absolute atomic E-state index is 0.0335. The molecule has 0 aliphatic heterocycles. The molecule has 0 aromatic heterocycles. The number of nitrogens with one attached hydrogen (secondary N) is 2. The molecule has 1 aliphatic carbocycles. The van der Waals surface area contributed by atoms with Crippen LogP contribution >= 0.6 is 15.9 Å². The Morgan fingerprint density at radius 3 is 2.76 bits per heavy atom. The normalized spacial score (nSPS) is 22.0. The van der Waals surface area contributed by atoms with Gasteiger partial charge < -0.3 is 15.7 Å². The van der Waals surface area contributed by atoms with E-state index in [0.29, 0.717) is 12.5 Å². The summed E-state index contributed by atoms with van der Waals surface area (Å²) in [6.07, 6.45) is 0.980. The number of carbonyl (C=O) groups excluding carboxylic acids is 1. The third-order valence-corrected chi connectivity index (χ3v) is 3.33. The highest BCUT2D eigenvalue weighted by Crippen LogP contribution is 2.40. The van der Waals surface area contributed by atoms with Crippen LogP contribution < -0.4 is 10.6 Å². The van der Waals surface area contributed by atoms with Crippen LogP contribution in [0, 0.1) is 0 Å². The molecule has 1 aromatic rings. The smallest absolute Gasteiger partial charge is 0.315 e. The lowest BCUT2D eigenvalue weighted by Crippen LogP contribution is -2.38. The second kappa shape index (κ2) is 5.51. The molecule has 0 bridgehead atoms. The van der Waals surface area contributed by atoms with Crippen LogP contribution in [0.2, 0.25) is 0 Å². The Morgan fingerprint density at radius 1 is 1.41 bits per heavy atom. The van der Waals surface area contributed by atoms with Gasteiger partial charge in [-0.25, -0.2) is 4.79 Å². The summed E-state index contributed by atoms with van der Waals surface area (Å²) in [5, 5.41) is 14.0. The number of amides is 2. The van der Waals surface area contributed by atoms with Gasteiger partial charge in [0, 0.05) is 23.0 Å². The second-order valence-electron chi connectivity index (χ2n) is 4.12. The lowest BCUT2D eigenvalue weighted by molar-refractivity contribution is 0.233. The predicted octanol–water partition coefficient (Wildman–Crippen LogP) is 1.60. The molecule has 2 rings (SSSR count). The Bertz CT molecular complexity index is 394. The lowest BCUT2D eigenvalue weighted by Gasteiger charge is -2.06. The third kappa shape index (κ3) is 3.44. The Labute approximate surface area is 109 Å². The highest BCUT2D eigenvalue weighted by atomic mass is 79.9. The van der Waals surface area contributed by atoms with Crippen LogP contribution in [-0.4, -0.2) is 30.3 Å². The molecule has 3 N–H and O–H groups in total. The van der Waals surface area contributed by atoms with Gasteiger partial charge in [-0.15, -0.1) is 0 Å². The van der Waals surface area contributed by atoms with Crippen molar-refractivity contribution < 1.29 is 9.90 Å². The number of carbonyl (C=O) groups is 1. The van der Waals surface area contributed by atoms with E-state index in [1.165, 1.54) is 5.56 Å². The molecule has 0 saturated heterocycles. The molecule has 5 heteroatoms. The molecule has 0 spiro atoms. The zero-order valence-corrected chi connectivity index (χ0v) is 10.9. The van der Waals surface area contributed by atoms with Gasteiger partial charge in [0.1, 0.15) is 0 Å². The fraction of sp³-hybridized carbons (Fsp3) is 0.417. The Morgan fingerprint density at radius 2 is 2.12 bits per heavy atom. The maximum Gasteiger partial charge on any atom is 0.315 e. The van der Waals surface area contributed by atoms with Gasteiger partial charge in [0.15, 0.2) is 0 Å². The Balaban J connectivity index is 1.80. The van der Waals surface area contributed by atoms with E-state index < -0.39 is 0 Å². The number of halogens is 1. The van der Waals surface area contributed by atoms with Crippen LogP contribution in [0.25, 0.3) is 0 Å². The molecule has 0 heterocycles. The molecule has 1 aliphatic rings. The van der Waals surface area contributed by atoms with Crippen LogP contribution in [0.1, 0.15) is 17.9 Å². The van der Waals surface area contributed by atoms with Gasteiger partial charge in [0.2, 0.25) is 0 Å². The van der Waals surface area contributed by atoms with E-state index in [4.69, 9.17) is 5.11 Å². The largest absolute Gasteiger partial charge is 0.395 e. The highest BCUT2D eigenvalue weighted by Gasteiger charge is 2.39. The number of hydrogen-bond donors (Lipinski definition) is 3. The summed E-state index contributed by atoms with van der Waals surface area (Å²) in [5.41, 5.74) is 1.25. The number of urea groups is 1. The first kappa shape index (κ1) is 12.4. The standard InChI is InChI=1S/C12H15BrN2O2/c13-9-3-1-8(2-4-9)10-7-11(10)15-12(17)14-5-6-16/h1-4,10-11,16H,5-7H2,(H2,14,15,17). The van der Waals surface area contributed by atoms with Crippen LogP contribution in [0.4, 0.5) is 4.79 Å². The number of hydrogen-bond acceptors (Lipinski definition) is 2. The molecule has 2 amide bonds. The fourth-order valence-corrected chi connectivity index (χ4v) is 2.09. The van der Waals surface area contributed by atoms with E-state index in [9.17, 15) is 4.79 Å². The number of rotatable bonds is 4. The van der Waals surface area contributed by atoms with Gasteiger partial charge in [0.05, 0.1) is 6.61 Å². The summed E-state index contributed by atoms with van der Waals surface area (Å²) in [6.45, 7) is 0.260. The second-order valence-corrected chi connectivity index (χ2v) is 5.04. The van der Waals surface area contributed by atoms with E-state index in [0.717, 1.165) is 10.9 Å². The molecule has 2 atom stereocenters. The van der Waals surface area contributed by atoms with Gasteiger partial charge in [-0.1, -0.05) is 28.1 Å². The van der Waals surface area contributed by atoms with Crippen molar-refractivity contribution in [3.63, 3.8) is 0 Å². The zero-order chi connectivity index (χ0) is 12.3. The summed E-state index contributed by atoms with van der Waals surface area (Å²) in [5.74, 6) is 0.419. The van der Waals surface area contributed by atoms with Crippen molar-refractivity contribution in [3.8, 4) is 0 Å². The first-order valence-corrected chi connectivity index (χ1v) is 6.40. The average Bonchev–Trinajstić information content (AvgIpc) is 3.06.